The van der Waals surface area contributed by atoms with E-state index in [2.05, 4.69) is 11.9 Å². The number of halogens is 1. The van der Waals surface area contributed by atoms with E-state index < -0.39 is 0 Å². The van der Waals surface area contributed by atoms with Gasteiger partial charge in [-0.2, -0.15) is 0 Å². The molecule has 0 N–H and O–H groups in total. The van der Waals surface area contributed by atoms with Crippen LogP contribution in [0.3, 0.4) is 0 Å². The van der Waals surface area contributed by atoms with Crippen LogP contribution in [0.15, 0.2) is 24.3 Å². The molecule has 20 heavy (non-hydrogen) atoms. The van der Waals surface area contributed by atoms with Crippen LogP contribution in [0.2, 0.25) is 5.02 Å². The molecule has 2 saturated heterocycles. The van der Waals surface area contributed by atoms with Gasteiger partial charge in [-0.1, -0.05) is 17.7 Å². The van der Waals surface area contributed by atoms with E-state index in [9.17, 15) is 4.79 Å². The highest BCUT2D eigenvalue weighted by Crippen LogP contribution is 2.26. The summed E-state index contributed by atoms with van der Waals surface area (Å²) in [5.41, 5.74) is 0.897. The molecule has 2 amide bonds. The summed E-state index contributed by atoms with van der Waals surface area (Å²) in [7, 11) is 2.13. The van der Waals surface area contributed by atoms with Crippen LogP contribution in [-0.4, -0.2) is 55.1 Å². The Balaban J connectivity index is 1.74. The number of anilines is 1. The van der Waals surface area contributed by atoms with Crippen LogP contribution in [0.25, 0.3) is 0 Å². The Hall–Kier alpha value is -1.26. The van der Waals surface area contributed by atoms with Crippen molar-refractivity contribution in [3.63, 3.8) is 0 Å². The first-order valence-corrected chi connectivity index (χ1v) is 7.55. The summed E-state index contributed by atoms with van der Waals surface area (Å²) in [5.74, 6) is 0. The van der Waals surface area contributed by atoms with Gasteiger partial charge in [0.1, 0.15) is 0 Å². The van der Waals surface area contributed by atoms with E-state index in [0.717, 1.165) is 38.3 Å². The molecule has 0 bridgehead atoms. The number of piperidine rings is 1. The van der Waals surface area contributed by atoms with Gasteiger partial charge >= 0.3 is 6.03 Å². The molecule has 0 aliphatic carbocycles. The van der Waals surface area contributed by atoms with Crippen molar-refractivity contribution >= 4 is 23.3 Å². The fourth-order valence-electron chi connectivity index (χ4n) is 3.17. The number of rotatable bonds is 2. The first-order valence-electron chi connectivity index (χ1n) is 7.17. The zero-order chi connectivity index (χ0) is 14.1. The van der Waals surface area contributed by atoms with Crippen LogP contribution in [0.5, 0.6) is 0 Å². The second-order valence-corrected chi connectivity index (χ2v) is 6.10. The van der Waals surface area contributed by atoms with E-state index in [1.54, 1.807) is 0 Å². The average molecular weight is 294 g/mol. The molecule has 3 rings (SSSR count). The van der Waals surface area contributed by atoms with Crippen molar-refractivity contribution in [2.24, 2.45) is 0 Å². The molecule has 2 heterocycles. The lowest BCUT2D eigenvalue weighted by atomic mass is 10.1. The maximum Gasteiger partial charge on any atom is 0.324 e. The third-order valence-corrected chi connectivity index (χ3v) is 4.44. The smallest absolute Gasteiger partial charge is 0.318 e. The molecular weight excluding hydrogens is 274 g/mol. The maximum atomic E-state index is 12.6. The van der Waals surface area contributed by atoms with Gasteiger partial charge in [0, 0.05) is 36.4 Å². The predicted octanol–water partition coefficient (Wildman–Crippen LogP) is 2.68. The van der Waals surface area contributed by atoms with Gasteiger partial charge in [0.2, 0.25) is 0 Å². The van der Waals surface area contributed by atoms with Crippen LogP contribution in [-0.2, 0) is 0 Å². The molecule has 0 spiro atoms. The van der Waals surface area contributed by atoms with Crippen molar-refractivity contribution in [2.75, 3.05) is 38.1 Å². The SMILES string of the molecule is CN1CCC[C@@H](N2CCN(c3cccc(Cl)c3)C2=O)C1. The second kappa shape index (κ2) is 5.62. The summed E-state index contributed by atoms with van der Waals surface area (Å²) < 4.78 is 0. The van der Waals surface area contributed by atoms with E-state index >= 15 is 0 Å². The van der Waals surface area contributed by atoms with E-state index in [-0.39, 0.29) is 6.03 Å². The number of carbonyl (C=O) groups is 1. The Labute approximate surface area is 124 Å². The summed E-state index contributed by atoms with van der Waals surface area (Å²) in [4.78, 5) is 18.8. The number of benzene rings is 1. The standard InChI is InChI=1S/C15H20ClN3O/c1-17-7-3-6-14(11-17)19-9-8-18(15(19)20)13-5-2-4-12(16)10-13/h2,4-5,10,14H,3,6-9,11H2,1H3/t14-/m1/s1. The highest BCUT2D eigenvalue weighted by atomic mass is 35.5. The first-order chi connectivity index (χ1) is 9.65. The third kappa shape index (κ3) is 2.63. The highest BCUT2D eigenvalue weighted by molar-refractivity contribution is 6.30. The molecule has 0 radical (unpaired) electrons. The molecule has 1 atom stereocenters. The fraction of sp³-hybridized carbons (Fsp3) is 0.533. The number of hydrogen-bond donors (Lipinski definition) is 0. The molecule has 1 aromatic rings. The quantitative estimate of drug-likeness (QED) is 0.838. The maximum absolute atomic E-state index is 12.6. The van der Waals surface area contributed by atoms with E-state index in [1.165, 1.54) is 6.42 Å². The molecular formula is C15H20ClN3O. The molecule has 2 aliphatic rings. The molecule has 0 aromatic heterocycles. The zero-order valence-corrected chi connectivity index (χ0v) is 12.5. The average Bonchev–Trinajstić information content (AvgIpc) is 2.80. The summed E-state index contributed by atoms with van der Waals surface area (Å²) in [6.07, 6.45) is 2.28. The summed E-state index contributed by atoms with van der Waals surface area (Å²) in [5, 5.41) is 0.672. The zero-order valence-electron chi connectivity index (χ0n) is 11.8. The van der Waals surface area contributed by atoms with Crippen molar-refractivity contribution in [3.05, 3.63) is 29.3 Å². The molecule has 2 fully saturated rings. The topological polar surface area (TPSA) is 26.8 Å². The molecule has 5 heteroatoms. The lowest BCUT2D eigenvalue weighted by molar-refractivity contribution is 0.143. The van der Waals surface area contributed by atoms with Gasteiger partial charge in [0.25, 0.3) is 0 Å². The van der Waals surface area contributed by atoms with Crippen molar-refractivity contribution in [1.29, 1.82) is 0 Å². The minimum atomic E-state index is 0.118. The minimum Gasteiger partial charge on any atom is -0.318 e. The van der Waals surface area contributed by atoms with Gasteiger partial charge in [-0.05, 0) is 44.6 Å². The van der Waals surface area contributed by atoms with E-state index in [0.29, 0.717) is 11.1 Å². The summed E-state index contributed by atoms with van der Waals surface area (Å²) >= 11 is 6.02. The van der Waals surface area contributed by atoms with Crippen LogP contribution in [0.1, 0.15) is 12.8 Å². The van der Waals surface area contributed by atoms with Gasteiger partial charge in [0.15, 0.2) is 0 Å². The molecule has 2 aliphatic heterocycles. The molecule has 0 saturated carbocycles. The van der Waals surface area contributed by atoms with Crippen LogP contribution >= 0.6 is 11.6 Å². The lowest BCUT2D eigenvalue weighted by Crippen LogP contribution is -2.48. The Morgan fingerprint density at radius 3 is 2.85 bits per heavy atom. The number of urea groups is 1. The van der Waals surface area contributed by atoms with Crippen LogP contribution in [0, 0.1) is 0 Å². The van der Waals surface area contributed by atoms with Crippen LogP contribution in [0.4, 0.5) is 10.5 Å². The van der Waals surface area contributed by atoms with Gasteiger partial charge < -0.3 is 9.80 Å². The summed E-state index contributed by atoms with van der Waals surface area (Å²) in [6, 6.07) is 8.00. The Morgan fingerprint density at radius 1 is 1.25 bits per heavy atom. The van der Waals surface area contributed by atoms with Crippen molar-refractivity contribution in [2.45, 2.75) is 18.9 Å². The van der Waals surface area contributed by atoms with Gasteiger partial charge in [0.05, 0.1) is 0 Å². The highest BCUT2D eigenvalue weighted by Gasteiger charge is 2.35. The number of carbonyl (C=O) groups excluding carboxylic acids is 1. The number of hydrogen-bond acceptors (Lipinski definition) is 2. The number of nitrogens with zero attached hydrogens (tertiary/aromatic N) is 3. The van der Waals surface area contributed by atoms with Crippen molar-refractivity contribution in [3.8, 4) is 0 Å². The first kappa shape index (κ1) is 13.7. The predicted molar refractivity (Wildman–Crippen MR) is 81.4 cm³/mol. The molecule has 0 unspecified atom stereocenters. The summed E-state index contributed by atoms with van der Waals surface area (Å²) in [6.45, 7) is 3.68. The minimum absolute atomic E-state index is 0.118. The number of amides is 2. The van der Waals surface area contributed by atoms with Crippen LogP contribution < -0.4 is 4.90 Å². The monoisotopic (exact) mass is 293 g/mol. The second-order valence-electron chi connectivity index (χ2n) is 5.67. The largest absolute Gasteiger partial charge is 0.324 e. The van der Waals surface area contributed by atoms with Crippen molar-refractivity contribution < 1.29 is 4.79 Å². The van der Waals surface area contributed by atoms with Gasteiger partial charge in [-0.15, -0.1) is 0 Å². The molecule has 4 nitrogen and oxygen atoms in total. The lowest BCUT2D eigenvalue weighted by Gasteiger charge is -2.35. The Bertz CT molecular complexity index is 508. The molecule has 108 valence electrons. The molecule has 1 aromatic carbocycles. The van der Waals surface area contributed by atoms with E-state index in [4.69, 9.17) is 11.6 Å². The Morgan fingerprint density at radius 2 is 2.10 bits per heavy atom. The van der Waals surface area contributed by atoms with Gasteiger partial charge in [-0.3, -0.25) is 4.90 Å². The van der Waals surface area contributed by atoms with E-state index in [1.807, 2.05) is 34.1 Å². The number of likely N-dealkylation sites (tertiary alicyclic amines) is 1. The fourth-order valence-corrected chi connectivity index (χ4v) is 3.35. The van der Waals surface area contributed by atoms with Crippen molar-refractivity contribution in [1.82, 2.24) is 9.80 Å². The normalized spacial score (nSPS) is 24.5. The number of likely N-dealkylation sites (N-methyl/N-ethyl adjacent to an activating group) is 1. The van der Waals surface area contributed by atoms with Gasteiger partial charge in [-0.25, -0.2) is 4.79 Å². The third-order valence-electron chi connectivity index (χ3n) is 4.20. The Kier molecular flexibility index (Phi) is 3.85.